The van der Waals surface area contributed by atoms with Crippen molar-refractivity contribution >= 4 is 12.0 Å². The molecule has 8 unspecified atom stereocenters. The number of cyclic esters (lactones) is 1. The highest BCUT2D eigenvalue weighted by Crippen LogP contribution is 2.35. The molecule has 0 aromatic heterocycles. The summed E-state index contributed by atoms with van der Waals surface area (Å²) >= 11 is 0. The zero-order chi connectivity index (χ0) is 49.0. The third-order valence-electron chi connectivity index (χ3n) is 11.4. The zero-order valence-electron chi connectivity index (χ0n) is 37.8. The molecular formula is C46H74N4O16. The summed E-state index contributed by atoms with van der Waals surface area (Å²) in [5.41, 5.74) is 11.9. The van der Waals surface area contributed by atoms with E-state index in [4.69, 9.17) is 30.4 Å². The average molecular weight is 939 g/mol. The van der Waals surface area contributed by atoms with Gasteiger partial charge in [0.05, 0.1) is 73.4 Å². The van der Waals surface area contributed by atoms with Crippen molar-refractivity contribution < 1.29 is 79.6 Å². The molecule has 16 N–H and O–H groups in total. The molecule has 2 bridgehead atoms. The maximum Gasteiger partial charge on any atom is 0.314 e. The minimum absolute atomic E-state index is 0.0941. The van der Waals surface area contributed by atoms with E-state index in [-0.39, 0.29) is 38.0 Å². The minimum atomic E-state index is -2.25. The number of esters is 1. The summed E-state index contributed by atoms with van der Waals surface area (Å²) in [6, 6.07) is -3.09. The van der Waals surface area contributed by atoms with Crippen molar-refractivity contribution in [1.82, 2.24) is 10.6 Å². The third kappa shape index (κ3) is 19.9. The maximum atomic E-state index is 12.5. The molecular weight excluding hydrogens is 865 g/mol. The van der Waals surface area contributed by atoms with Gasteiger partial charge in [0, 0.05) is 45.1 Å². The van der Waals surface area contributed by atoms with Gasteiger partial charge < -0.3 is 92.1 Å². The first kappa shape index (κ1) is 56.6. The van der Waals surface area contributed by atoms with Crippen LogP contribution in [0.5, 0.6) is 0 Å². The van der Waals surface area contributed by atoms with E-state index >= 15 is 0 Å². The molecule has 3 aliphatic heterocycles. The Balaban J connectivity index is 1.88. The molecule has 0 aromatic carbocycles. The van der Waals surface area contributed by atoms with E-state index in [9.17, 15) is 60.7 Å². The van der Waals surface area contributed by atoms with Crippen LogP contribution >= 0.6 is 0 Å². The number of hydrogen-bond acceptors (Lipinski definition) is 18. The monoisotopic (exact) mass is 939 g/mol. The van der Waals surface area contributed by atoms with Gasteiger partial charge in [-0.3, -0.25) is 4.79 Å². The van der Waals surface area contributed by atoms with Crippen molar-refractivity contribution in [1.29, 1.82) is 0 Å². The quantitative estimate of drug-likeness (QED) is 0.150. The van der Waals surface area contributed by atoms with E-state index in [0.717, 1.165) is 0 Å². The topological polar surface area (TPSA) is 349 Å². The van der Waals surface area contributed by atoms with Crippen molar-refractivity contribution in [2.24, 2.45) is 17.4 Å². The van der Waals surface area contributed by atoms with Crippen LogP contribution in [-0.2, 0) is 23.7 Å². The highest BCUT2D eigenvalue weighted by atomic mass is 16.7. The maximum absolute atomic E-state index is 12.5. The Morgan fingerprint density at radius 3 is 1.89 bits per heavy atom. The number of nitrogens with two attached hydrogens (primary N) is 2. The normalized spacial score (nSPS) is 43.7. The first-order valence-electron chi connectivity index (χ1n) is 22.4. The number of aliphatic hydroxyl groups excluding tert-OH is 9. The summed E-state index contributed by atoms with van der Waals surface area (Å²) in [5.74, 6) is -3.23. The lowest BCUT2D eigenvalue weighted by atomic mass is 9.87. The van der Waals surface area contributed by atoms with Crippen LogP contribution in [0, 0.1) is 5.92 Å². The number of aliphatic hydroxyl groups is 10. The molecule has 20 heteroatoms. The second-order valence-electron chi connectivity index (χ2n) is 17.3. The number of allylic oxidation sites excluding steroid dienone is 12. The molecule has 2 saturated heterocycles. The lowest BCUT2D eigenvalue weighted by Crippen LogP contribution is -2.65. The molecule has 2 fully saturated rings. The predicted molar refractivity (Wildman–Crippen MR) is 241 cm³/mol. The first-order valence-corrected chi connectivity index (χ1v) is 22.4. The number of rotatable bonds is 3. The highest BCUT2D eigenvalue weighted by Gasteiger charge is 2.49. The van der Waals surface area contributed by atoms with E-state index < -0.39 is 141 Å². The fourth-order valence-corrected chi connectivity index (χ4v) is 7.68. The Labute approximate surface area is 386 Å². The zero-order valence-corrected chi connectivity index (χ0v) is 37.8. The van der Waals surface area contributed by atoms with Crippen molar-refractivity contribution in [2.45, 2.75) is 175 Å². The molecule has 3 heterocycles. The fourth-order valence-electron chi connectivity index (χ4n) is 7.68. The van der Waals surface area contributed by atoms with Gasteiger partial charge in [0.1, 0.15) is 24.5 Å². The predicted octanol–water partition coefficient (Wildman–Crippen LogP) is -1.04. The van der Waals surface area contributed by atoms with E-state index in [1.54, 1.807) is 73.8 Å². The van der Waals surface area contributed by atoms with Crippen LogP contribution in [0.4, 0.5) is 4.79 Å². The molecule has 0 saturated carbocycles. The number of fused-ring (bicyclic) bond motifs is 2. The number of amides is 2. The third-order valence-corrected chi connectivity index (χ3v) is 11.4. The van der Waals surface area contributed by atoms with Crippen LogP contribution in [0.15, 0.2) is 85.1 Å². The van der Waals surface area contributed by atoms with Gasteiger partial charge >= 0.3 is 12.0 Å². The molecule has 2 amide bonds. The molecule has 374 valence electrons. The highest BCUT2D eigenvalue weighted by molar-refractivity contribution is 5.74. The number of carbonyl (C=O) groups is 2. The van der Waals surface area contributed by atoms with Crippen LogP contribution < -0.4 is 22.1 Å². The van der Waals surface area contributed by atoms with Crippen LogP contribution in [0.2, 0.25) is 0 Å². The van der Waals surface area contributed by atoms with E-state index in [0.29, 0.717) is 0 Å². The Kier molecular flexibility index (Phi) is 24.5. The fraction of sp³-hybridized carbons (Fsp3) is 0.652. The molecule has 0 radical (unpaired) electrons. The molecule has 0 aromatic rings. The SMILES string of the molecule is CNC(=O)NC1[C@@H]2C[C@@H](OC3OC(N)C(O)C(N)C3O)/C=C/C=C/C=C/C=C/C=C/C=C/C=C/[C@H](C)C(O)C[C@H](C)OC(=O)C[C@H](O)C[C@H](O)CC[C@@H](O)[C@H](O)C[C@H](O)CC(O)(C[C@@H]1O)O2. The molecule has 18 atom stereocenters. The summed E-state index contributed by atoms with van der Waals surface area (Å²) in [6.45, 7) is 3.45. The second kappa shape index (κ2) is 28.6. The molecule has 20 nitrogen and oxygen atoms in total. The molecule has 3 aliphatic rings. The van der Waals surface area contributed by atoms with Gasteiger partial charge in [0.2, 0.25) is 0 Å². The Morgan fingerprint density at radius 2 is 1.29 bits per heavy atom. The number of urea groups is 1. The summed E-state index contributed by atoms with van der Waals surface area (Å²) in [7, 11) is 1.36. The van der Waals surface area contributed by atoms with E-state index in [1.807, 2.05) is 25.2 Å². The summed E-state index contributed by atoms with van der Waals surface area (Å²) in [5, 5.41) is 113. The molecule has 3 rings (SSSR count). The molecule has 0 aliphatic carbocycles. The number of ether oxygens (including phenoxy) is 4. The van der Waals surface area contributed by atoms with Gasteiger partial charge in [-0.2, -0.15) is 0 Å². The van der Waals surface area contributed by atoms with E-state index in [1.165, 1.54) is 7.05 Å². The van der Waals surface area contributed by atoms with Gasteiger partial charge in [0.25, 0.3) is 0 Å². The van der Waals surface area contributed by atoms with Crippen molar-refractivity contribution in [3.63, 3.8) is 0 Å². The molecule has 0 spiro atoms. The van der Waals surface area contributed by atoms with Gasteiger partial charge in [-0.25, -0.2) is 4.79 Å². The van der Waals surface area contributed by atoms with Crippen molar-refractivity contribution in [2.75, 3.05) is 7.05 Å². The minimum Gasteiger partial charge on any atom is -0.462 e. The number of hydrogen-bond donors (Lipinski definition) is 14. The van der Waals surface area contributed by atoms with Crippen LogP contribution in [0.25, 0.3) is 0 Å². The number of nitrogens with one attached hydrogen (secondary N) is 2. The smallest absolute Gasteiger partial charge is 0.314 e. The summed E-state index contributed by atoms with van der Waals surface area (Å²) in [6.07, 6.45) is 3.99. The Hall–Kier alpha value is -3.68. The standard InChI is InChI=1S/C46H74N4O16/c1-27-16-14-12-10-8-6-4-5-7-9-11-13-15-17-32(64-44-42(60)39(47)41(59)43(48)65-44)24-37-40(50-45(61)49-3)36(57)26-46(62,66-37)25-31(53)22-35(56)33(54)19-18-29(51)21-30(52)23-38(58)63-28(2)20-34(27)55/h4-17,27-37,39-44,51-57,59-60,62H,18-26,47-48H2,1-3H3,(H2,49,50,61)/b5-4+,8-6+,9-7+,12-10+,13-11+,16-14+,17-15+/t27-,28-,29+,30+,31-,32-,33+,34?,35+,36-,37-,39?,40?,41?,42?,43?,44?,46?/m0/s1. The lowest BCUT2D eigenvalue weighted by Gasteiger charge is -2.46. The van der Waals surface area contributed by atoms with E-state index in [2.05, 4.69) is 10.6 Å². The van der Waals surface area contributed by atoms with Crippen LogP contribution in [-0.4, -0.2) is 174 Å². The molecule has 66 heavy (non-hydrogen) atoms. The van der Waals surface area contributed by atoms with Gasteiger partial charge in [-0.15, -0.1) is 0 Å². The Morgan fingerprint density at radius 1 is 0.697 bits per heavy atom. The van der Waals surface area contributed by atoms with Gasteiger partial charge in [-0.05, 0) is 26.2 Å². The lowest BCUT2D eigenvalue weighted by molar-refractivity contribution is -0.303. The number of carbonyl (C=O) groups excluding carboxylic acids is 2. The van der Waals surface area contributed by atoms with Crippen LogP contribution in [0.1, 0.15) is 71.6 Å². The first-order chi connectivity index (χ1) is 31.2. The summed E-state index contributed by atoms with van der Waals surface area (Å²) < 4.78 is 23.1. The second-order valence-corrected chi connectivity index (χ2v) is 17.3. The van der Waals surface area contributed by atoms with Crippen molar-refractivity contribution in [3.05, 3.63) is 85.1 Å². The van der Waals surface area contributed by atoms with Gasteiger partial charge in [-0.1, -0.05) is 92.0 Å². The van der Waals surface area contributed by atoms with Crippen LogP contribution in [0.3, 0.4) is 0 Å². The largest absolute Gasteiger partial charge is 0.462 e. The van der Waals surface area contributed by atoms with Crippen molar-refractivity contribution in [3.8, 4) is 0 Å². The average Bonchev–Trinajstić information content (AvgIpc) is 3.23. The Bertz CT molecular complexity index is 1680. The van der Waals surface area contributed by atoms with Gasteiger partial charge in [0.15, 0.2) is 12.1 Å². The summed E-state index contributed by atoms with van der Waals surface area (Å²) in [4.78, 5) is 25.0.